The molecule has 0 saturated heterocycles. The van der Waals surface area contributed by atoms with Crippen LogP contribution in [0.4, 0.5) is 0 Å². The van der Waals surface area contributed by atoms with E-state index in [-0.39, 0.29) is 12.0 Å². The fourth-order valence-electron chi connectivity index (χ4n) is 3.42. The van der Waals surface area contributed by atoms with Crippen molar-refractivity contribution in [3.63, 3.8) is 0 Å². The van der Waals surface area contributed by atoms with E-state index < -0.39 is 0 Å². The van der Waals surface area contributed by atoms with Crippen LogP contribution in [0.3, 0.4) is 0 Å². The lowest BCUT2D eigenvalue weighted by Gasteiger charge is -2.20. The van der Waals surface area contributed by atoms with Crippen LogP contribution in [0.1, 0.15) is 26.2 Å². The maximum Gasteiger partial charge on any atom is 0.225 e. The van der Waals surface area contributed by atoms with E-state index in [1.165, 1.54) is 0 Å². The van der Waals surface area contributed by atoms with Gasteiger partial charge < -0.3 is 4.74 Å². The Kier molecular flexibility index (Phi) is 3.78. The topological polar surface area (TPSA) is 74.8 Å². The third-order valence-corrected chi connectivity index (χ3v) is 4.83. The second kappa shape index (κ2) is 5.98. The molecule has 3 aromatic rings. The number of hydrogen-bond acceptors (Lipinski definition) is 5. The summed E-state index contributed by atoms with van der Waals surface area (Å²) in [6.45, 7) is 2.02. The molecule has 130 valence electrons. The van der Waals surface area contributed by atoms with Crippen LogP contribution in [0.5, 0.6) is 5.88 Å². The summed E-state index contributed by atoms with van der Waals surface area (Å²) in [6.07, 6.45) is 7.69. The molecule has 0 aliphatic heterocycles. The number of pyridine rings is 1. The van der Waals surface area contributed by atoms with E-state index in [4.69, 9.17) is 9.72 Å². The van der Waals surface area contributed by atoms with E-state index in [1.54, 1.807) is 15.6 Å². The molecular formula is C18H21N5O2. The third kappa shape index (κ3) is 3.01. The number of fused-ring (bicyclic) bond motifs is 1. The molecule has 25 heavy (non-hydrogen) atoms. The lowest BCUT2D eigenvalue weighted by Crippen LogP contribution is -2.22. The van der Waals surface area contributed by atoms with Crippen LogP contribution in [0.25, 0.3) is 22.2 Å². The van der Waals surface area contributed by atoms with Crippen molar-refractivity contribution >= 4 is 16.7 Å². The Labute approximate surface area is 145 Å². The second-order valence-corrected chi connectivity index (χ2v) is 6.82. The SMILES string of the molecule is C[C@@H](Oc1nc(-c2cnn(C)c2)cc2nn(C)cc12)[C@H]1CCC(=O)C1. The molecular weight excluding hydrogens is 318 g/mol. The summed E-state index contributed by atoms with van der Waals surface area (Å²) in [6, 6.07) is 1.95. The second-order valence-electron chi connectivity index (χ2n) is 6.82. The summed E-state index contributed by atoms with van der Waals surface area (Å²) in [4.78, 5) is 16.3. The molecule has 1 saturated carbocycles. The van der Waals surface area contributed by atoms with Gasteiger partial charge in [-0.05, 0) is 19.4 Å². The number of aryl methyl sites for hydroxylation is 2. The highest BCUT2D eigenvalue weighted by molar-refractivity contribution is 5.86. The molecule has 3 aromatic heterocycles. The van der Waals surface area contributed by atoms with E-state index in [1.807, 2.05) is 39.5 Å². The first-order valence-electron chi connectivity index (χ1n) is 8.51. The maximum absolute atomic E-state index is 11.6. The molecule has 1 fully saturated rings. The van der Waals surface area contributed by atoms with Gasteiger partial charge in [-0.1, -0.05) is 0 Å². The predicted octanol–water partition coefficient (Wildman–Crippen LogP) is 2.51. The summed E-state index contributed by atoms with van der Waals surface area (Å²) in [5.74, 6) is 1.14. The van der Waals surface area contributed by atoms with E-state index in [2.05, 4.69) is 10.2 Å². The third-order valence-electron chi connectivity index (χ3n) is 4.83. The normalized spacial score (nSPS) is 18.8. The largest absolute Gasteiger partial charge is 0.474 e. The van der Waals surface area contributed by atoms with Crippen LogP contribution in [-0.2, 0) is 18.9 Å². The van der Waals surface area contributed by atoms with Crippen LogP contribution in [0, 0.1) is 5.92 Å². The Morgan fingerprint density at radius 3 is 2.80 bits per heavy atom. The van der Waals surface area contributed by atoms with Gasteiger partial charge >= 0.3 is 0 Å². The van der Waals surface area contributed by atoms with Gasteiger partial charge in [0, 0.05) is 50.8 Å². The van der Waals surface area contributed by atoms with Crippen LogP contribution < -0.4 is 4.74 Å². The standard InChI is InChI=1S/C18H21N5O2/c1-11(12-4-5-14(24)6-12)25-18-15-10-23(3)21-17(15)7-16(20-18)13-8-19-22(2)9-13/h7-12H,4-6H2,1-3H3/t11-,12+/m1/s1. The number of hydrogen-bond donors (Lipinski definition) is 0. The molecule has 4 rings (SSSR count). The predicted molar refractivity (Wildman–Crippen MR) is 93.1 cm³/mol. The van der Waals surface area contributed by atoms with Crippen molar-refractivity contribution in [1.82, 2.24) is 24.5 Å². The zero-order valence-corrected chi connectivity index (χ0v) is 14.6. The van der Waals surface area contributed by atoms with Crippen molar-refractivity contribution in [3.05, 3.63) is 24.7 Å². The Morgan fingerprint density at radius 2 is 2.12 bits per heavy atom. The number of nitrogens with zero attached hydrogens (tertiary/aromatic N) is 5. The van der Waals surface area contributed by atoms with Crippen molar-refractivity contribution in [2.24, 2.45) is 20.0 Å². The lowest BCUT2D eigenvalue weighted by molar-refractivity contribution is -0.117. The van der Waals surface area contributed by atoms with Crippen molar-refractivity contribution in [2.75, 3.05) is 0 Å². The minimum Gasteiger partial charge on any atom is -0.474 e. The van der Waals surface area contributed by atoms with Crippen LogP contribution in [0.2, 0.25) is 0 Å². The molecule has 7 nitrogen and oxygen atoms in total. The fraction of sp³-hybridized carbons (Fsp3) is 0.444. The average Bonchev–Trinajstić information content (AvgIpc) is 3.26. The Hall–Kier alpha value is -2.70. The summed E-state index contributed by atoms with van der Waals surface area (Å²) in [7, 11) is 3.76. The van der Waals surface area contributed by atoms with Crippen molar-refractivity contribution in [2.45, 2.75) is 32.3 Å². The molecule has 0 N–H and O–H groups in total. The van der Waals surface area contributed by atoms with Crippen LogP contribution in [0.15, 0.2) is 24.7 Å². The zero-order chi connectivity index (χ0) is 17.6. The first kappa shape index (κ1) is 15.8. The number of ketones is 1. The van der Waals surface area contributed by atoms with Gasteiger partial charge in [-0.3, -0.25) is 14.2 Å². The molecule has 0 bridgehead atoms. The Morgan fingerprint density at radius 1 is 1.28 bits per heavy atom. The zero-order valence-electron chi connectivity index (χ0n) is 14.6. The van der Waals surface area contributed by atoms with Crippen LogP contribution in [-0.4, -0.2) is 36.4 Å². The summed E-state index contributed by atoms with van der Waals surface area (Å²) in [5.41, 5.74) is 2.54. The van der Waals surface area contributed by atoms with Crippen molar-refractivity contribution < 1.29 is 9.53 Å². The summed E-state index contributed by atoms with van der Waals surface area (Å²) >= 11 is 0. The van der Waals surface area contributed by atoms with Gasteiger partial charge in [-0.2, -0.15) is 10.2 Å². The minimum absolute atomic E-state index is 0.0634. The molecule has 1 aliphatic carbocycles. The Bertz CT molecular complexity index is 942. The first-order chi connectivity index (χ1) is 12.0. The van der Waals surface area contributed by atoms with E-state index in [9.17, 15) is 4.79 Å². The van der Waals surface area contributed by atoms with Gasteiger partial charge in [-0.15, -0.1) is 0 Å². The van der Waals surface area contributed by atoms with E-state index >= 15 is 0 Å². The smallest absolute Gasteiger partial charge is 0.225 e. The number of carbonyl (C=O) groups is 1. The van der Waals surface area contributed by atoms with Gasteiger partial charge in [0.2, 0.25) is 5.88 Å². The minimum atomic E-state index is -0.0634. The molecule has 3 heterocycles. The molecule has 0 spiro atoms. The van der Waals surface area contributed by atoms with Gasteiger partial charge in [0.25, 0.3) is 0 Å². The highest BCUT2D eigenvalue weighted by Crippen LogP contribution is 2.32. The molecule has 2 atom stereocenters. The maximum atomic E-state index is 11.6. The number of Topliss-reactive ketones (excluding diaryl/α,β-unsaturated/α-hetero) is 1. The number of ether oxygens (including phenoxy) is 1. The van der Waals surface area contributed by atoms with E-state index in [0.29, 0.717) is 24.5 Å². The highest BCUT2D eigenvalue weighted by Gasteiger charge is 2.29. The van der Waals surface area contributed by atoms with Gasteiger partial charge in [0.1, 0.15) is 11.9 Å². The van der Waals surface area contributed by atoms with E-state index in [0.717, 1.165) is 28.6 Å². The fourth-order valence-corrected chi connectivity index (χ4v) is 3.42. The summed E-state index contributed by atoms with van der Waals surface area (Å²) in [5, 5.41) is 9.59. The highest BCUT2D eigenvalue weighted by atomic mass is 16.5. The number of carbonyl (C=O) groups excluding carboxylic acids is 1. The lowest BCUT2D eigenvalue weighted by atomic mass is 10.0. The van der Waals surface area contributed by atoms with Crippen molar-refractivity contribution in [1.29, 1.82) is 0 Å². The number of aromatic nitrogens is 5. The van der Waals surface area contributed by atoms with Gasteiger partial charge in [0.05, 0.1) is 22.8 Å². The van der Waals surface area contributed by atoms with Gasteiger partial charge in [-0.25, -0.2) is 4.98 Å². The first-order valence-corrected chi connectivity index (χ1v) is 8.51. The molecule has 0 aromatic carbocycles. The van der Waals surface area contributed by atoms with Crippen LogP contribution >= 0.6 is 0 Å². The molecule has 0 amide bonds. The molecule has 7 heteroatoms. The molecule has 1 aliphatic rings. The number of rotatable bonds is 4. The summed E-state index contributed by atoms with van der Waals surface area (Å²) < 4.78 is 9.70. The Balaban J connectivity index is 1.72. The quantitative estimate of drug-likeness (QED) is 0.730. The molecule has 0 unspecified atom stereocenters. The average molecular weight is 339 g/mol. The monoisotopic (exact) mass is 339 g/mol. The molecule has 0 radical (unpaired) electrons. The van der Waals surface area contributed by atoms with Gasteiger partial charge in [0.15, 0.2) is 0 Å². The van der Waals surface area contributed by atoms with Crippen molar-refractivity contribution in [3.8, 4) is 17.1 Å².